The molecule has 0 aromatic heterocycles. The fourth-order valence-corrected chi connectivity index (χ4v) is 0.568. The zero-order chi connectivity index (χ0) is 7.56. The van der Waals surface area contributed by atoms with Crippen molar-refractivity contribution < 1.29 is 4.79 Å². The topological polar surface area (TPSA) is 92.5 Å². The van der Waals surface area contributed by atoms with Crippen molar-refractivity contribution in [3.8, 4) is 0 Å². The molecule has 54 valence electrons. The van der Waals surface area contributed by atoms with Crippen molar-refractivity contribution in [2.24, 2.45) is 26.4 Å². The van der Waals surface area contributed by atoms with E-state index in [9.17, 15) is 4.79 Å². The maximum Gasteiger partial charge on any atom is 0.234 e. The molecule has 2 N–H and O–H groups in total. The smallest absolute Gasteiger partial charge is 0.234 e. The van der Waals surface area contributed by atoms with E-state index < -0.39 is 17.3 Å². The third-order valence-corrected chi connectivity index (χ3v) is 1.47. The first-order valence-corrected chi connectivity index (χ1v) is 3.01. The number of carbonyl (C=O) groups is 1. The monoisotopic (exact) mass is 159 g/mol. The minimum absolute atomic E-state index is 0.576. The summed E-state index contributed by atoms with van der Waals surface area (Å²) in [5.41, 5.74) is 4.90. The fourth-order valence-electron chi connectivity index (χ4n) is 0.448. The molecule has 1 unspecified atom stereocenters. The highest BCUT2D eigenvalue weighted by Gasteiger charge is 2.24. The molecule has 0 saturated carbocycles. The van der Waals surface area contributed by atoms with Gasteiger partial charge in [0.1, 0.15) is 5.25 Å². The molecule has 0 aromatic rings. The molecule has 1 aliphatic rings. The molecule has 0 fully saturated rings. The van der Waals surface area contributed by atoms with E-state index in [2.05, 4.69) is 33.3 Å². The zero-order valence-corrected chi connectivity index (χ0v) is 5.77. The van der Waals surface area contributed by atoms with Crippen molar-refractivity contribution in [3.05, 3.63) is 0 Å². The number of rotatable bonds is 2. The highest BCUT2D eigenvalue weighted by atomic mass is 32.1. The fraction of sp³-hybridized carbons (Fsp3) is 0.667. The lowest BCUT2D eigenvalue weighted by Gasteiger charge is -2.04. The molecule has 0 aromatic carbocycles. The second kappa shape index (κ2) is 2.74. The maximum absolute atomic E-state index is 10.4. The third kappa shape index (κ3) is 1.29. The maximum atomic E-state index is 10.4. The van der Waals surface area contributed by atoms with Gasteiger partial charge in [0, 0.05) is 0 Å². The summed E-state index contributed by atoms with van der Waals surface area (Å²) in [7, 11) is 0. The predicted octanol–water partition coefficient (Wildman–Crippen LogP) is -0.0708. The summed E-state index contributed by atoms with van der Waals surface area (Å²) in [4.78, 5) is 10.4. The second-order valence-corrected chi connectivity index (χ2v) is 2.23. The predicted molar refractivity (Wildman–Crippen MR) is 35.5 cm³/mol. The van der Waals surface area contributed by atoms with Gasteiger partial charge >= 0.3 is 0 Å². The van der Waals surface area contributed by atoms with E-state index in [-0.39, 0.29) is 0 Å². The van der Waals surface area contributed by atoms with Crippen molar-refractivity contribution in [3.63, 3.8) is 0 Å². The Hall–Kier alpha value is -0.980. The number of nitrogens with two attached hydrogens (primary N) is 1. The van der Waals surface area contributed by atoms with Crippen molar-refractivity contribution in [2.75, 3.05) is 0 Å². The summed E-state index contributed by atoms with van der Waals surface area (Å²) < 4.78 is 0. The highest BCUT2D eigenvalue weighted by molar-refractivity contribution is 7.81. The Morgan fingerprint density at radius 3 is 2.40 bits per heavy atom. The van der Waals surface area contributed by atoms with Gasteiger partial charge in [-0.25, -0.2) is 0 Å². The Morgan fingerprint density at radius 1 is 1.50 bits per heavy atom. The van der Waals surface area contributed by atoms with Crippen LogP contribution >= 0.6 is 12.6 Å². The van der Waals surface area contributed by atoms with E-state index >= 15 is 0 Å². The molecule has 1 amide bonds. The van der Waals surface area contributed by atoms with Gasteiger partial charge in [-0.05, 0) is 10.4 Å². The molecular formula is C3H5N5OS. The van der Waals surface area contributed by atoms with Crippen LogP contribution in [0.5, 0.6) is 0 Å². The summed E-state index contributed by atoms with van der Waals surface area (Å²) in [6.07, 6.45) is -0.638. The molecule has 0 bridgehead atoms. The Bertz CT molecular complexity index is 189. The first-order chi connectivity index (χ1) is 4.72. The Labute approximate surface area is 62.0 Å². The number of hydrogen-bond acceptors (Lipinski definition) is 6. The van der Waals surface area contributed by atoms with E-state index in [1.807, 2.05) is 0 Å². The van der Waals surface area contributed by atoms with Gasteiger partial charge in [0.05, 0.1) is 0 Å². The van der Waals surface area contributed by atoms with Gasteiger partial charge < -0.3 is 5.73 Å². The molecule has 0 saturated heterocycles. The lowest BCUT2D eigenvalue weighted by Crippen LogP contribution is -2.31. The van der Waals surface area contributed by atoms with Gasteiger partial charge in [-0.3, -0.25) is 4.79 Å². The SMILES string of the molecule is NC(=O)C(S)C1N=NN=N1. The van der Waals surface area contributed by atoms with Gasteiger partial charge in [0.2, 0.25) is 12.1 Å². The minimum Gasteiger partial charge on any atom is -0.369 e. The van der Waals surface area contributed by atoms with Crippen LogP contribution in [0.4, 0.5) is 0 Å². The summed E-state index contributed by atoms with van der Waals surface area (Å²) in [5.74, 6) is -0.576. The van der Waals surface area contributed by atoms with Crippen LogP contribution in [0, 0.1) is 0 Å². The molecule has 0 radical (unpaired) electrons. The van der Waals surface area contributed by atoms with Crippen LogP contribution in [0.25, 0.3) is 0 Å². The van der Waals surface area contributed by atoms with Gasteiger partial charge in [-0.15, -0.1) is 10.2 Å². The zero-order valence-electron chi connectivity index (χ0n) is 4.88. The number of carbonyl (C=O) groups excluding carboxylic acids is 1. The van der Waals surface area contributed by atoms with Gasteiger partial charge in [0.15, 0.2) is 0 Å². The van der Waals surface area contributed by atoms with Crippen LogP contribution < -0.4 is 5.73 Å². The molecule has 1 atom stereocenters. The molecule has 10 heavy (non-hydrogen) atoms. The van der Waals surface area contributed by atoms with Crippen molar-refractivity contribution in [1.29, 1.82) is 0 Å². The lowest BCUT2D eigenvalue weighted by molar-refractivity contribution is -0.117. The molecule has 0 spiro atoms. The molecular weight excluding hydrogens is 154 g/mol. The van der Waals surface area contributed by atoms with Gasteiger partial charge in [0.25, 0.3) is 0 Å². The van der Waals surface area contributed by atoms with E-state index in [1.54, 1.807) is 0 Å². The third-order valence-electron chi connectivity index (χ3n) is 0.954. The van der Waals surface area contributed by atoms with Crippen LogP contribution in [0.3, 0.4) is 0 Å². The molecule has 1 aliphatic heterocycles. The molecule has 6 nitrogen and oxygen atoms in total. The van der Waals surface area contributed by atoms with Gasteiger partial charge in [-0.2, -0.15) is 12.6 Å². The quantitative estimate of drug-likeness (QED) is 0.542. The average Bonchev–Trinajstić information content (AvgIpc) is 2.36. The van der Waals surface area contributed by atoms with Crippen LogP contribution in [0.2, 0.25) is 0 Å². The molecule has 7 heteroatoms. The Morgan fingerprint density at radius 2 is 2.00 bits per heavy atom. The molecule has 1 rings (SSSR count). The lowest BCUT2D eigenvalue weighted by atomic mass is 10.3. The normalized spacial score (nSPS) is 19.7. The standard InChI is InChI=1S/C3H5N5OS/c4-2(9)1(10)3-5-7-8-6-3/h1,3,10H,(H2,4,9). The number of thiol groups is 1. The summed E-state index contributed by atoms with van der Waals surface area (Å²) in [6, 6.07) is 0. The van der Waals surface area contributed by atoms with Crippen LogP contribution in [0.15, 0.2) is 20.7 Å². The largest absolute Gasteiger partial charge is 0.369 e. The number of hydrogen-bond donors (Lipinski definition) is 2. The Balaban J connectivity index is 2.57. The van der Waals surface area contributed by atoms with E-state index in [0.717, 1.165) is 0 Å². The van der Waals surface area contributed by atoms with E-state index in [4.69, 9.17) is 5.73 Å². The first-order valence-electron chi connectivity index (χ1n) is 2.49. The average molecular weight is 159 g/mol. The Kier molecular flexibility index (Phi) is 1.95. The number of nitrogens with zero attached hydrogens (tertiary/aromatic N) is 4. The summed E-state index contributed by atoms with van der Waals surface area (Å²) in [5, 5.41) is 12.6. The molecule has 1 heterocycles. The van der Waals surface area contributed by atoms with Gasteiger partial charge in [-0.1, -0.05) is 0 Å². The van der Waals surface area contributed by atoms with Crippen molar-refractivity contribution >= 4 is 18.5 Å². The van der Waals surface area contributed by atoms with E-state index in [0.29, 0.717) is 0 Å². The van der Waals surface area contributed by atoms with E-state index in [1.165, 1.54) is 0 Å². The minimum atomic E-state index is -0.727. The molecule has 0 aliphatic carbocycles. The summed E-state index contributed by atoms with van der Waals surface area (Å²) in [6.45, 7) is 0. The van der Waals surface area contributed by atoms with Crippen LogP contribution in [0.1, 0.15) is 0 Å². The van der Waals surface area contributed by atoms with Crippen molar-refractivity contribution in [1.82, 2.24) is 0 Å². The number of primary amides is 1. The van der Waals surface area contributed by atoms with Crippen LogP contribution in [-0.2, 0) is 4.79 Å². The number of amides is 1. The van der Waals surface area contributed by atoms with Crippen LogP contribution in [-0.4, -0.2) is 17.3 Å². The summed E-state index contributed by atoms with van der Waals surface area (Å²) >= 11 is 3.84. The first kappa shape index (κ1) is 7.13. The van der Waals surface area contributed by atoms with Crippen molar-refractivity contribution in [2.45, 2.75) is 11.4 Å². The second-order valence-electron chi connectivity index (χ2n) is 1.67. The highest BCUT2D eigenvalue weighted by Crippen LogP contribution is 2.13.